The van der Waals surface area contributed by atoms with E-state index in [0.717, 1.165) is 48.6 Å². The maximum Gasteiger partial charge on any atom is 0.262 e. The van der Waals surface area contributed by atoms with Gasteiger partial charge in [-0.25, -0.2) is 0 Å². The molecule has 0 bridgehead atoms. The minimum Gasteiger partial charge on any atom is -0.484 e. The summed E-state index contributed by atoms with van der Waals surface area (Å²) in [5.41, 5.74) is 10.5. The first-order valence-corrected chi connectivity index (χ1v) is 13.8. The Kier molecular flexibility index (Phi) is 7.65. The molecule has 188 valence electrons. The minimum absolute atomic E-state index is 0.331. The lowest BCUT2D eigenvalue weighted by Crippen LogP contribution is -2.28. The van der Waals surface area contributed by atoms with Crippen LogP contribution in [0.3, 0.4) is 0 Å². The van der Waals surface area contributed by atoms with Crippen molar-refractivity contribution in [2.45, 2.75) is 45.1 Å². The molecule has 0 saturated carbocycles. The normalized spacial score (nSPS) is 16.9. The zero-order valence-corrected chi connectivity index (χ0v) is 22.1. The Morgan fingerprint density at radius 3 is 2.81 bits per heavy atom. The first kappa shape index (κ1) is 24.9. The summed E-state index contributed by atoms with van der Waals surface area (Å²) in [6.07, 6.45) is 9.45. The van der Waals surface area contributed by atoms with Crippen molar-refractivity contribution in [3.8, 4) is 5.75 Å². The van der Waals surface area contributed by atoms with Gasteiger partial charge in [0.1, 0.15) is 21.7 Å². The molecule has 1 aromatic heterocycles. The molecule has 2 aliphatic rings. The number of nitrogens with zero attached hydrogens (tertiary/aromatic N) is 1. The fraction of sp³-hybridized carbons (Fsp3) is 0.345. The highest BCUT2D eigenvalue weighted by Gasteiger charge is 2.24. The van der Waals surface area contributed by atoms with E-state index >= 15 is 0 Å². The van der Waals surface area contributed by atoms with E-state index < -0.39 is 5.91 Å². The highest BCUT2D eigenvalue weighted by atomic mass is 35.5. The van der Waals surface area contributed by atoms with Crippen molar-refractivity contribution in [3.05, 3.63) is 87.4 Å². The van der Waals surface area contributed by atoms with Gasteiger partial charge in [-0.2, -0.15) is 0 Å². The lowest BCUT2D eigenvalue weighted by molar-refractivity contribution is 0.0998. The molecule has 1 unspecified atom stereocenters. The van der Waals surface area contributed by atoms with E-state index in [1.807, 2.05) is 37.3 Å². The van der Waals surface area contributed by atoms with Crippen molar-refractivity contribution in [2.24, 2.45) is 11.7 Å². The van der Waals surface area contributed by atoms with Gasteiger partial charge in [0.25, 0.3) is 5.91 Å². The topological polar surface area (TPSA) is 67.6 Å². The number of hydrogen-bond donors (Lipinski definition) is 2. The number of rotatable bonds is 7. The van der Waals surface area contributed by atoms with E-state index in [1.165, 1.54) is 35.3 Å². The van der Waals surface area contributed by atoms with Crippen molar-refractivity contribution in [1.29, 1.82) is 0 Å². The van der Waals surface area contributed by atoms with Gasteiger partial charge in [-0.3, -0.25) is 4.79 Å². The standard InChI is InChI=1S/C29H32ClN3O2S/c1-19(23-7-2-3-8-24(23)30)35-26-18-27(36-28(26)29(31)34)33-15-5-4-6-22-10-9-21(17-25(22)33)16-20-11-13-32-14-12-20/h2-3,5,7-10,15,17-20,32H,4,6,11-14,16H2,1H3,(H2,31,34). The summed E-state index contributed by atoms with van der Waals surface area (Å²) in [6.45, 7) is 4.13. The van der Waals surface area contributed by atoms with E-state index in [1.54, 1.807) is 0 Å². The number of amides is 1. The molecule has 0 spiro atoms. The molecule has 7 heteroatoms. The molecule has 2 aromatic carbocycles. The van der Waals surface area contributed by atoms with E-state index in [2.05, 4.69) is 40.7 Å². The molecule has 1 saturated heterocycles. The van der Waals surface area contributed by atoms with Gasteiger partial charge in [0.2, 0.25) is 0 Å². The summed E-state index contributed by atoms with van der Waals surface area (Å²) in [4.78, 5) is 15.0. The third-order valence-electron chi connectivity index (χ3n) is 7.02. The number of carbonyl (C=O) groups is 1. The quantitative estimate of drug-likeness (QED) is 0.359. The van der Waals surface area contributed by atoms with Gasteiger partial charge in [-0.1, -0.05) is 48.0 Å². The molecule has 1 atom stereocenters. The third-order valence-corrected chi connectivity index (χ3v) is 8.49. The number of allylic oxidation sites excluding steroid dienone is 1. The predicted molar refractivity (Wildman–Crippen MR) is 149 cm³/mol. The fourth-order valence-corrected chi connectivity index (χ4v) is 6.31. The van der Waals surface area contributed by atoms with Crippen LogP contribution in [0.5, 0.6) is 5.75 Å². The monoisotopic (exact) mass is 521 g/mol. The van der Waals surface area contributed by atoms with Crippen LogP contribution in [0, 0.1) is 5.92 Å². The zero-order valence-electron chi connectivity index (χ0n) is 20.5. The number of hydrogen-bond acceptors (Lipinski definition) is 5. The first-order chi connectivity index (χ1) is 17.5. The van der Waals surface area contributed by atoms with Gasteiger partial charge in [0.15, 0.2) is 0 Å². The van der Waals surface area contributed by atoms with Crippen molar-refractivity contribution >= 4 is 39.5 Å². The molecule has 36 heavy (non-hydrogen) atoms. The number of aryl methyl sites for hydroxylation is 1. The highest BCUT2D eigenvalue weighted by Crippen LogP contribution is 2.43. The van der Waals surface area contributed by atoms with Crippen LogP contribution in [-0.4, -0.2) is 19.0 Å². The fourth-order valence-electron chi connectivity index (χ4n) is 5.08. The number of nitrogens with two attached hydrogens (primary N) is 1. The van der Waals surface area contributed by atoms with Crippen molar-refractivity contribution in [3.63, 3.8) is 0 Å². The second kappa shape index (κ2) is 11.1. The van der Waals surface area contributed by atoms with Crippen molar-refractivity contribution in [2.75, 3.05) is 18.0 Å². The molecule has 1 fully saturated rings. The summed E-state index contributed by atoms with van der Waals surface area (Å²) >= 11 is 7.75. The van der Waals surface area contributed by atoms with Crippen molar-refractivity contribution in [1.82, 2.24) is 5.32 Å². The number of halogens is 1. The number of fused-ring (bicyclic) bond motifs is 1. The van der Waals surface area contributed by atoms with Gasteiger partial charge >= 0.3 is 0 Å². The average molecular weight is 522 g/mol. The van der Waals surface area contributed by atoms with Crippen LogP contribution in [0.2, 0.25) is 5.02 Å². The largest absolute Gasteiger partial charge is 0.484 e. The van der Waals surface area contributed by atoms with Crippen LogP contribution in [-0.2, 0) is 12.8 Å². The van der Waals surface area contributed by atoms with Crippen LogP contribution < -0.4 is 20.7 Å². The van der Waals surface area contributed by atoms with Gasteiger partial charge in [-0.15, -0.1) is 11.3 Å². The summed E-state index contributed by atoms with van der Waals surface area (Å²) < 4.78 is 6.26. The number of carbonyl (C=O) groups excluding carboxylic acids is 1. The second-order valence-corrected chi connectivity index (χ2v) is 11.0. The molecule has 2 aliphatic heterocycles. The molecule has 3 heterocycles. The Balaban J connectivity index is 1.46. The summed E-state index contributed by atoms with van der Waals surface area (Å²) in [5.74, 6) is 0.708. The molecule has 0 radical (unpaired) electrons. The van der Waals surface area contributed by atoms with Gasteiger partial charge in [0, 0.05) is 28.5 Å². The maximum absolute atomic E-state index is 12.4. The van der Waals surface area contributed by atoms with E-state index in [0.29, 0.717) is 21.6 Å². The molecule has 0 aliphatic carbocycles. The first-order valence-electron chi connectivity index (χ1n) is 12.6. The number of thiophene rings is 1. The Labute approximate surface area is 221 Å². The summed E-state index contributed by atoms with van der Waals surface area (Å²) in [6, 6.07) is 16.4. The predicted octanol–water partition coefficient (Wildman–Crippen LogP) is 6.78. The molecule has 5 nitrogen and oxygen atoms in total. The lowest BCUT2D eigenvalue weighted by atomic mass is 9.90. The number of piperidine rings is 1. The Hall–Kier alpha value is -2.80. The molecule has 1 amide bonds. The average Bonchev–Trinajstić information content (AvgIpc) is 3.17. The third kappa shape index (κ3) is 5.46. The minimum atomic E-state index is -0.494. The second-order valence-electron chi connectivity index (χ2n) is 9.58. The number of primary amides is 1. The molecular formula is C29H32ClN3O2S. The smallest absolute Gasteiger partial charge is 0.262 e. The number of ether oxygens (including phenoxy) is 1. The Bertz CT molecular complexity index is 1270. The van der Waals surface area contributed by atoms with Crippen LogP contribution in [0.15, 0.2) is 60.8 Å². The van der Waals surface area contributed by atoms with Crippen molar-refractivity contribution < 1.29 is 9.53 Å². The molecule has 3 aromatic rings. The van der Waals surface area contributed by atoms with E-state index in [4.69, 9.17) is 22.1 Å². The van der Waals surface area contributed by atoms with Gasteiger partial charge < -0.3 is 20.7 Å². The van der Waals surface area contributed by atoms with Crippen LogP contribution >= 0.6 is 22.9 Å². The lowest BCUT2D eigenvalue weighted by Gasteiger charge is -2.25. The molecule has 5 rings (SSSR count). The Morgan fingerprint density at radius 2 is 2.03 bits per heavy atom. The number of anilines is 2. The van der Waals surface area contributed by atoms with E-state index in [9.17, 15) is 4.79 Å². The highest BCUT2D eigenvalue weighted by molar-refractivity contribution is 7.18. The SMILES string of the molecule is CC(Oc1cc(N2C=CCCc3ccc(CC4CCNCC4)cc32)sc1C(N)=O)c1ccccc1Cl. The van der Waals surface area contributed by atoms with Crippen LogP contribution in [0.4, 0.5) is 10.7 Å². The zero-order chi connectivity index (χ0) is 25.1. The summed E-state index contributed by atoms with van der Waals surface area (Å²) in [7, 11) is 0. The maximum atomic E-state index is 12.4. The number of benzene rings is 2. The van der Waals surface area contributed by atoms with Gasteiger partial charge in [-0.05, 0) is 81.3 Å². The van der Waals surface area contributed by atoms with Crippen LogP contribution in [0.25, 0.3) is 0 Å². The van der Waals surface area contributed by atoms with E-state index in [-0.39, 0.29) is 6.10 Å². The van der Waals surface area contributed by atoms with Gasteiger partial charge in [0.05, 0.1) is 0 Å². The molecule has 3 N–H and O–H groups in total. The summed E-state index contributed by atoms with van der Waals surface area (Å²) in [5, 5.41) is 5.00. The Morgan fingerprint density at radius 1 is 1.22 bits per heavy atom. The van der Waals surface area contributed by atoms with Crippen LogP contribution in [0.1, 0.15) is 58.7 Å². The number of nitrogens with one attached hydrogen (secondary N) is 1. The molecular weight excluding hydrogens is 490 g/mol.